The topological polar surface area (TPSA) is 38.8 Å². The van der Waals surface area contributed by atoms with Crippen LogP contribution in [0.5, 0.6) is 0 Å². The Morgan fingerprint density at radius 2 is 1.14 bits per heavy atom. The molecule has 0 aliphatic carbocycles. The Labute approximate surface area is 325 Å². The van der Waals surface area contributed by atoms with E-state index in [2.05, 4.69) is 155 Å². The number of rotatable bonds is 10. The molecule has 4 heteroatoms. The summed E-state index contributed by atoms with van der Waals surface area (Å²) in [5.74, 6) is 1.66. The first-order valence-corrected chi connectivity index (χ1v) is 18.3. The summed E-state index contributed by atoms with van der Waals surface area (Å²) in [5.41, 5.74) is 13.5. The van der Waals surface area contributed by atoms with Crippen molar-refractivity contribution in [3.05, 3.63) is 166 Å². The fourth-order valence-corrected chi connectivity index (χ4v) is 6.34. The fourth-order valence-electron chi connectivity index (χ4n) is 6.34. The molecule has 0 radical (unpaired) electrons. The van der Waals surface area contributed by atoms with Gasteiger partial charge >= 0.3 is 23.1 Å². The van der Waals surface area contributed by atoms with Crippen molar-refractivity contribution < 1.29 is 0 Å². The predicted molar refractivity (Wildman–Crippen MR) is 225 cm³/mol. The second-order valence-corrected chi connectivity index (χ2v) is 14.6. The van der Waals surface area contributed by atoms with Gasteiger partial charge in [-0.05, 0) is 59.8 Å². The summed E-state index contributed by atoms with van der Waals surface area (Å²) in [6.07, 6.45) is 5.35. The van der Waals surface area contributed by atoms with E-state index >= 15 is 0 Å². The third kappa shape index (κ3) is 11.3. The van der Waals surface area contributed by atoms with E-state index in [1.54, 1.807) is 0 Å². The van der Waals surface area contributed by atoms with E-state index in [9.17, 15) is 0 Å². The van der Waals surface area contributed by atoms with Crippen LogP contribution >= 0.6 is 0 Å². The van der Waals surface area contributed by atoms with Crippen molar-refractivity contribution in [1.82, 2.24) is 0 Å². The normalized spacial score (nSPS) is 15.4. The average Bonchev–Trinajstić information content (AvgIpc) is 3.09. The summed E-state index contributed by atoms with van der Waals surface area (Å²) < 4.78 is 0. The molecule has 0 spiro atoms. The molecule has 262 valence electrons. The van der Waals surface area contributed by atoms with Crippen LogP contribution in [0.25, 0.3) is 5.32 Å². The van der Waals surface area contributed by atoms with Gasteiger partial charge in [0.05, 0.1) is 17.1 Å². The number of allylic oxidation sites excluding steroid dienone is 3. The molecule has 1 aliphatic rings. The largest absolute Gasteiger partial charge is 2.00 e. The Hall–Kier alpha value is -3.86. The SMILES string of the molecule is CC(=Nc1c(C(C)C)cccc1C(C)C)C1=N/C(=C(/C)[N-]c2c(C(C)C)cccc2C(C)C)C(Cc2ccccc2)C=C1.[CH2-]c1ccccc1.[Mg+2]. The van der Waals surface area contributed by atoms with Crippen molar-refractivity contribution >= 4 is 45.9 Å². The molecule has 0 bridgehead atoms. The number of hydrogen-bond donors (Lipinski definition) is 0. The Bertz CT molecular complexity index is 1770. The van der Waals surface area contributed by atoms with E-state index in [-0.39, 0.29) is 29.0 Å². The van der Waals surface area contributed by atoms with Gasteiger partial charge in [0.1, 0.15) is 0 Å². The van der Waals surface area contributed by atoms with Gasteiger partial charge in [-0.25, -0.2) is 0 Å². The zero-order chi connectivity index (χ0) is 36.4. The molecule has 0 N–H and O–H groups in total. The first-order valence-electron chi connectivity index (χ1n) is 18.3. The molecule has 1 unspecified atom stereocenters. The quantitative estimate of drug-likeness (QED) is 0.0904. The molecule has 51 heavy (non-hydrogen) atoms. The van der Waals surface area contributed by atoms with Crippen molar-refractivity contribution in [2.45, 2.75) is 99.3 Å². The average molecular weight is 688 g/mol. The number of aliphatic imine (C=N–C) groups is 2. The van der Waals surface area contributed by atoms with Crippen LogP contribution in [0.15, 0.2) is 131 Å². The molecule has 0 fully saturated rings. The second-order valence-electron chi connectivity index (χ2n) is 14.6. The molecule has 0 saturated heterocycles. The zero-order valence-electron chi connectivity index (χ0n) is 32.7. The summed E-state index contributed by atoms with van der Waals surface area (Å²) in [5, 5.41) is 5.37. The Morgan fingerprint density at radius 1 is 0.667 bits per heavy atom. The van der Waals surface area contributed by atoms with E-state index in [1.165, 1.54) is 27.8 Å². The van der Waals surface area contributed by atoms with Gasteiger partial charge in [0.2, 0.25) is 0 Å². The Morgan fingerprint density at radius 3 is 1.59 bits per heavy atom. The molecule has 1 aliphatic heterocycles. The summed E-state index contributed by atoms with van der Waals surface area (Å²) in [7, 11) is 0. The number of nitrogens with zero attached hydrogens (tertiary/aromatic N) is 3. The van der Waals surface area contributed by atoms with Crippen LogP contribution < -0.4 is 0 Å². The van der Waals surface area contributed by atoms with Crippen molar-refractivity contribution in [2.75, 3.05) is 0 Å². The smallest absolute Gasteiger partial charge is 0.660 e. The van der Waals surface area contributed by atoms with Crippen LogP contribution in [-0.2, 0) is 6.42 Å². The molecule has 0 amide bonds. The predicted octanol–water partition coefficient (Wildman–Crippen LogP) is 13.6. The molecule has 4 aromatic carbocycles. The number of para-hydroxylation sites is 2. The van der Waals surface area contributed by atoms with E-state index in [1.807, 2.05) is 30.3 Å². The molecular weight excluding hydrogens is 631 g/mol. The second kappa shape index (κ2) is 19.7. The van der Waals surface area contributed by atoms with Gasteiger partial charge in [-0.1, -0.05) is 152 Å². The molecule has 0 aromatic heterocycles. The van der Waals surface area contributed by atoms with Crippen LogP contribution in [0.3, 0.4) is 0 Å². The summed E-state index contributed by atoms with van der Waals surface area (Å²) in [6.45, 7) is 25.9. The van der Waals surface area contributed by atoms with Crippen LogP contribution in [0.2, 0.25) is 0 Å². The van der Waals surface area contributed by atoms with E-state index in [0.29, 0.717) is 23.7 Å². The third-order valence-electron chi connectivity index (χ3n) is 9.21. The van der Waals surface area contributed by atoms with Gasteiger partial charge in [0.15, 0.2) is 0 Å². The van der Waals surface area contributed by atoms with Gasteiger partial charge in [-0.2, -0.15) is 24.6 Å². The molecule has 0 saturated carbocycles. The van der Waals surface area contributed by atoms with Gasteiger partial charge in [-0.3, -0.25) is 9.98 Å². The fraction of sp³-hybridized carbons (Fsp3) is 0.340. The minimum atomic E-state index is 0. The van der Waals surface area contributed by atoms with Gasteiger partial charge in [0.25, 0.3) is 0 Å². The van der Waals surface area contributed by atoms with Crippen LogP contribution in [-0.4, -0.2) is 34.5 Å². The monoisotopic (exact) mass is 687 g/mol. The van der Waals surface area contributed by atoms with Crippen molar-refractivity contribution in [3.8, 4) is 0 Å². The number of benzene rings is 4. The van der Waals surface area contributed by atoms with Crippen molar-refractivity contribution in [3.63, 3.8) is 0 Å². The van der Waals surface area contributed by atoms with Crippen molar-refractivity contribution in [1.29, 1.82) is 0 Å². The van der Waals surface area contributed by atoms with Crippen molar-refractivity contribution in [2.24, 2.45) is 15.9 Å². The molecular formula is C47H57MgN3. The van der Waals surface area contributed by atoms with E-state index < -0.39 is 0 Å². The molecule has 3 nitrogen and oxygen atoms in total. The van der Waals surface area contributed by atoms with Crippen LogP contribution in [0.4, 0.5) is 11.4 Å². The molecule has 1 atom stereocenters. The summed E-state index contributed by atoms with van der Waals surface area (Å²) >= 11 is 0. The minimum absolute atomic E-state index is 0. The summed E-state index contributed by atoms with van der Waals surface area (Å²) in [6, 6.07) is 33.8. The maximum atomic E-state index is 5.37. The first-order chi connectivity index (χ1) is 23.9. The first kappa shape index (κ1) is 41.6. The van der Waals surface area contributed by atoms with Crippen LogP contribution in [0.1, 0.15) is 126 Å². The van der Waals surface area contributed by atoms with Gasteiger partial charge < -0.3 is 5.32 Å². The third-order valence-corrected chi connectivity index (χ3v) is 9.21. The molecule has 5 rings (SSSR count). The van der Waals surface area contributed by atoms with E-state index in [4.69, 9.17) is 15.3 Å². The number of dihydropyridines is 1. The Kier molecular flexibility index (Phi) is 16.0. The van der Waals surface area contributed by atoms with Crippen LogP contribution in [0, 0.1) is 12.8 Å². The molecule has 4 aromatic rings. The Balaban J connectivity index is 0.000000783. The number of hydrogen-bond acceptors (Lipinski definition) is 2. The van der Waals surface area contributed by atoms with E-state index in [0.717, 1.165) is 46.2 Å². The standard InChI is InChI=1S/C40H50N3.C7H7.Mg/c1-25(2)33-18-14-19-34(26(3)4)39(33)41-29(9)37-23-22-32(24-31-16-12-11-13-17-31)38(43-37)30(10)42-40-35(27(5)6)20-15-21-36(40)28(7)8;1-7-5-3-2-4-6-7;/h11-23,25-28,32H,24H2,1-10H3;2-6H,1H2;/q2*-1;+2/b38-30-,41-29?;;. The zero-order valence-corrected chi connectivity index (χ0v) is 34.2. The van der Waals surface area contributed by atoms with Gasteiger partial charge in [0, 0.05) is 11.6 Å². The maximum Gasteiger partial charge on any atom is 2.00 e. The molecule has 1 heterocycles. The summed E-state index contributed by atoms with van der Waals surface area (Å²) in [4.78, 5) is 10.6. The van der Waals surface area contributed by atoms with Gasteiger partial charge in [-0.15, -0.1) is 23.5 Å². The maximum absolute atomic E-state index is 5.37. The minimum Gasteiger partial charge on any atom is -0.660 e.